The second kappa shape index (κ2) is 7.05. The fourth-order valence-electron chi connectivity index (χ4n) is 2.08. The standard InChI is InChI=1S/C15H9Cl4N3O2S/c16-9-1-6-12(17)13(7-9)25(23,24)21-10-2-4-11(5-3-10)22-8-20-14(18)15(22)19/h1-8,21H. The molecule has 0 spiro atoms. The Kier molecular flexibility index (Phi) is 5.18. The molecule has 0 saturated heterocycles. The van der Waals surface area contributed by atoms with Gasteiger partial charge in [0.2, 0.25) is 0 Å². The van der Waals surface area contributed by atoms with Crippen LogP contribution in [0.2, 0.25) is 20.4 Å². The monoisotopic (exact) mass is 435 g/mol. The van der Waals surface area contributed by atoms with Crippen molar-refractivity contribution in [1.29, 1.82) is 0 Å². The first-order valence-electron chi connectivity index (χ1n) is 6.74. The number of sulfonamides is 1. The zero-order valence-corrected chi connectivity index (χ0v) is 16.1. The van der Waals surface area contributed by atoms with Crippen LogP contribution >= 0.6 is 46.4 Å². The highest BCUT2D eigenvalue weighted by molar-refractivity contribution is 7.92. The van der Waals surface area contributed by atoms with Crippen LogP contribution in [0.25, 0.3) is 5.69 Å². The third-order valence-electron chi connectivity index (χ3n) is 3.25. The van der Waals surface area contributed by atoms with E-state index in [9.17, 15) is 8.42 Å². The van der Waals surface area contributed by atoms with Crippen molar-refractivity contribution in [2.45, 2.75) is 4.90 Å². The highest BCUT2D eigenvalue weighted by Crippen LogP contribution is 2.28. The van der Waals surface area contributed by atoms with E-state index in [1.54, 1.807) is 28.8 Å². The van der Waals surface area contributed by atoms with Crippen LogP contribution in [0.3, 0.4) is 0 Å². The molecule has 0 unspecified atom stereocenters. The van der Waals surface area contributed by atoms with Gasteiger partial charge in [0.1, 0.15) is 11.2 Å². The summed E-state index contributed by atoms with van der Waals surface area (Å²) in [7, 11) is -3.88. The summed E-state index contributed by atoms with van der Waals surface area (Å²) in [6.45, 7) is 0. The summed E-state index contributed by atoms with van der Waals surface area (Å²) < 4.78 is 29.0. The van der Waals surface area contributed by atoms with Gasteiger partial charge in [-0.1, -0.05) is 46.4 Å². The molecule has 2 aromatic carbocycles. The van der Waals surface area contributed by atoms with Crippen LogP contribution in [-0.2, 0) is 10.0 Å². The molecule has 0 radical (unpaired) electrons. The maximum absolute atomic E-state index is 12.5. The summed E-state index contributed by atoms with van der Waals surface area (Å²) >= 11 is 23.7. The first-order chi connectivity index (χ1) is 11.8. The van der Waals surface area contributed by atoms with E-state index in [0.717, 1.165) is 0 Å². The Bertz CT molecular complexity index is 1030. The second-order valence-electron chi connectivity index (χ2n) is 4.92. The van der Waals surface area contributed by atoms with Crippen LogP contribution in [0.15, 0.2) is 53.7 Å². The minimum atomic E-state index is -3.88. The van der Waals surface area contributed by atoms with Crippen molar-refractivity contribution in [3.63, 3.8) is 0 Å². The molecule has 0 saturated carbocycles. The Morgan fingerprint density at radius 1 is 0.960 bits per heavy atom. The highest BCUT2D eigenvalue weighted by atomic mass is 35.5. The van der Waals surface area contributed by atoms with Crippen molar-refractivity contribution >= 4 is 62.1 Å². The number of imidazole rings is 1. The van der Waals surface area contributed by atoms with E-state index in [0.29, 0.717) is 11.4 Å². The number of nitrogens with zero attached hydrogens (tertiary/aromatic N) is 2. The minimum absolute atomic E-state index is 0.0772. The van der Waals surface area contributed by atoms with Crippen molar-refractivity contribution in [2.75, 3.05) is 4.72 Å². The molecule has 0 aliphatic carbocycles. The lowest BCUT2D eigenvalue weighted by Crippen LogP contribution is -2.13. The van der Waals surface area contributed by atoms with Crippen LogP contribution in [0.1, 0.15) is 0 Å². The molecule has 3 rings (SSSR count). The normalized spacial score (nSPS) is 11.5. The average molecular weight is 437 g/mol. The molecular weight excluding hydrogens is 428 g/mol. The third-order valence-corrected chi connectivity index (χ3v) is 6.08. The number of nitrogens with one attached hydrogen (secondary N) is 1. The van der Waals surface area contributed by atoms with Crippen molar-refractivity contribution in [3.05, 3.63) is 69.1 Å². The summed E-state index contributed by atoms with van der Waals surface area (Å²) in [6.07, 6.45) is 1.47. The van der Waals surface area contributed by atoms with Gasteiger partial charge in [-0.3, -0.25) is 9.29 Å². The molecule has 3 aromatic rings. The first kappa shape index (κ1) is 18.4. The summed E-state index contributed by atoms with van der Waals surface area (Å²) in [4.78, 5) is 3.79. The third kappa shape index (κ3) is 3.88. The number of anilines is 1. The molecule has 130 valence electrons. The largest absolute Gasteiger partial charge is 0.288 e. The van der Waals surface area contributed by atoms with Crippen LogP contribution < -0.4 is 4.72 Å². The van der Waals surface area contributed by atoms with Crippen molar-refractivity contribution in [2.24, 2.45) is 0 Å². The van der Waals surface area contributed by atoms with Gasteiger partial charge in [-0.05, 0) is 42.5 Å². The quantitative estimate of drug-likeness (QED) is 0.604. The molecule has 1 heterocycles. The molecule has 0 fully saturated rings. The molecule has 0 amide bonds. The van der Waals surface area contributed by atoms with Crippen LogP contribution in [0.4, 0.5) is 5.69 Å². The number of benzene rings is 2. The molecule has 10 heteroatoms. The van der Waals surface area contributed by atoms with Crippen LogP contribution in [0, 0.1) is 0 Å². The van der Waals surface area contributed by atoms with E-state index in [4.69, 9.17) is 46.4 Å². The van der Waals surface area contributed by atoms with Crippen molar-refractivity contribution in [3.8, 4) is 5.69 Å². The molecule has 5 nitrogen and oxygen atoms in total. The Morgan fingerprint density at radius 3 is 2.24 bits per heavy atom. The lowest BCUT2D eigenvalue weighted by Gasteiger charge is -2.11. The average Bonchev–Trinajstić information content (AvgIpc) is 2.90. The van der Waals surface area contributed by atoms with E-state index in [1.165, 1.54) is 24.5 Å². The van der Waals surface area contributed by atoms with E-state index in [1.807, 2.05) is 0 Å². The molecular formula is C15H9Cl4N3O2S. The number of aromatic nitrogens is 2. The predicted molar refractivity (Wildman–Crippen MR) is 101 cm³/mol. The summed E-state index contributed by atoms with van der Waals surface area (Å²) in [5, 5.41) is 0.794. The summed E-state index contributed by atoms with van der Waals surface area (Å²) in [5.41, 5.74) is 1.02. The molecule has 1 aromatic heterocycles. The Hall–Kier alpha value is -1.44. The summed E-state index contributed by atoms with van der Waals surface area (Å²) in [6, 6.07) is 10.7. The number of rotatable bonds is 4. The molecule has 0 aliphatic rings. The Balaban J connectivity index is 1.88. The molecule has 1 N–H and O–H groups in total. The van der Waals surface area contributed by atoms with Crippen molar-refractivity contribution < 1.29 is 8.42 Å². The number of halogens is 4. The lowest BCUT2D eigenvalue weighted by atomic mass is 10.3. The fraction of sp³-hybridized carbons (Fsp3) is 0. The summed E-state index contributed by atoms with van der Waals surface area (Å²) in [5.74, 6) is 0. The van der Waals surface area contributed by atoms with Gasteiger partial charge in [0.25, 0.3) is 10.0 Å². The number of hydrogen-bond donors (Lipinski definition) is 1. The van der Waals surface area contributed by atoms with Crippen molar-refractivity contribution in [1.82, 2.24) is 9.55 Å². The van der Waals surface area contributed by atoms with Gasteiger partial charge in [0.05, 0.1) is 5.02 Å². The molecule has 0 bridgehead atoms. The molecule has 0 aliphatic heterocycles. The van der Waals surface area contributed by atoms with E-state index in [-0.39, 0.29) is 25.2 Å². The predicted octanol–water partition coefficient (Wildman–Crippen LogP) is 5.29. The zero-order valence-electron chi connectivity index (χ0n) is 12.2. The minimum Gasteiger partial charge on any atom is -0.288 e. The van der Waals surface area contributed by atoms with Gasteiger partial charge in [-0.15, -0.1) is 0 Å². The molecule has 25 heavy (non-hydrogen) atoms. The van der Waals surface area contributed by atoms with Gasteiger partial charge in [0.15, 0.2) is 10.3 Å². The van der Waals surface area contributed by atoms with Crippen LogP contribution in [-0.4, -0.2) is 18.0 Å². The molecule has 0 atom stereocenters. The van der Waals surface area contributed by atoms with E-state index in [2.05, 4.69) is 9.71 Å². The second-order valence-corrected chi connectivity index (χ2v) is 8.13. The SMILES string of the molecule is O=S(=O)(Nc1ccc(-n2cnc(Cl)c2Cl)cc1)c1cc(Cl)ccc1Cl. The highest BCUT2D eigenvalue weighted by Gasteiger charge is 2.18. The topological polar surface area (TPSA) is 64.0 Å². The maximum atomic E-state index is 12.5. The van der Waals surface area contributed by atoms with E-state index >= 15 is 0 Å². The van der Waals surface area contributed by atoms with E-state index < -0.39 is 10.0 Å². The Labute approximate surface area is 164 Å². The van der Waals surface area contributed by atoms with Gasteiger partial charge in [-0.2, -0.15) is 0 Å². The maximum Gasteiger partial charge on any atom is 0.263 e. The van der Waals surface area contributed by atoms with Gasteiger partial charge >= 0.3 is 0 Å². The first-order valence-corrected chi connectivity index (χ1v) is 9.74. The smallest absolute Gasteiger partial charge is 0.263 e. The lowest BCUT2D eigenvalue weighted by molar-refractivity contribution is 0.601. The van der Waals surface area contributed by atoms with Gasteiger partial charge < -0.3 is 0 Å². The van der Waals surface area contributed by atoms with Crippen LogP contribution in [0.5, 0.6) is 0 Å². The van der Waals surface area contributed by atoms with Gasteiger partial charge in [-0.25, -0.2) is 13.4 Å². The zero-order chi connectivity index (χ0) is 18.2. The fourth-order valence-corrected chi connectivity index (χ4v) is 4.22. The number of hydrogen-bond acceptors (Lipinski definition) is 3. The van der Waals surface area contributed by atoms with Gasteiger partial charge in [0, 0.05) is 16.4 Å². The Morgan fingerprint density at radius 2 is 1.64 bits per heavy atom.